The summed E-state index contributed by atoms with van der Waals surface area (Å²) >= 11 is 0. The molecule has 0 saturated carbocycles. The normalized spacial score (nSPS) is 20.6. The zero-order valence-electron chi connectivity index (χ0n) is 13.3. The third-order valence-electron chi connectivity index (χ3n) is 4.06. The van der Waals surface area contributed by atoms with Crippen LogP contribution in [0.2, 0.25) is 0 Å². The molecule has 1 aromatic rings. The van der Waals surface area contributed by atoms with Crippen molar-refractivity contribution >= 4 is 12.8 Å². The quantitative estimate of drug-likeness (QED) is 0.645. The summed E-state index contributed by atoms with van der Waals surface area (Å²) in [5.74, 6) is 0. The van der Waals surface area contributed by atoms with Gasteiger partial charge in [0.25, 0.3) is 0 Å². The highest BCUT2D eigenvalue weighted by molar-refractivity contribution is 6.63. The van der Waals surface area contributed by atoms with Crippen LogP contribution in [0.15, 0.2) is 36.1 Å². The average Bonchev–Trinajstić information content (AvgIpc) is 2.65. The highest BCUT2D eigenvalue weighted by Gasteiger charge is 2.53. The Balaban J connectivity index is 2.30. The summed E-state index contributed by atoms with van der Waals surface area (Å²) in [5, 5.41) is 10.3. The Labute approximate surface area is 126 Å². The van der Waals surface area contributed by atoms with Crippen LogP contribution in [0.5, 0.6) is 0 Å². The molecule has 0 aromatic carbocycles. The van der Waals surface area contributed by atoms with E-state index in [0.717, 1.165) is 0 Å². The van der Waals surface area contributed by atoms with Gasteiger partial charge in [0.2, 0.25) is 0 Å². The first-order chi connectivity index (χ1) is 9.78. The van der Waals surface area contributed by atoms with E-state index in [4.69, 9.17) is 14.7 Å². The van der Waals surface area contributed by atoms with Gasteiger partial charge in [0.1, 0.15) is 0 Å². The molecule has 1 fully saturated rings. The average molecular weight is 288 g/mol. The van der Waals surface area contributed by atoms with E-state index in [2.05, 4.69) is 4.98 Å². The van der Waals surface area contributed by atoms with Crippen LogP contribution in [0.3, 0.4) is 0 Å². The number of quaternary nitrogens is 1. The Morgan fingerprint density at radius 2 is 1.86 bits per heavy atom. The Hall–Kier alpha value is -1.50. The van der Waals surface area contributed by atoms with E-state index < -0.39 is 18.3 Å². The fourth-order valence-electron chi connectivity index (χ4n) is 2.09. The number of hydrogen-bond acceptors (Lipinski definition) is 4. The summed E-state index contributed by atoms with van der Waals surface area (Å²) in [4.78, 5) is 4.24. The Morgan fingerprint density at radius 3 is 2.33 bits per heavy atom. The molecule has 0 unspecified atom stereocenters. The minimum Gasteiger partial charge on any atom is -0.399 e. The second-order valence-electron chi connectivity index (χ2n) is 6.13. The molecular weight excluding hydrogens is 265 g/mol. The summed E-state index contributed by atoms with van der Waals surface area (Å²) in [6.45, 7) is 8.02. The summed E-state index contributed by atoms with van der Waals surface area (Å²) in [6.07, 6.45) is 3.54. The van der Waals surface area contributed by atoms with Gasteiger partial charge in [-0.15, -0.1) is 0 Å². The molecule has 2 rings (SSSR count). The first kappa shape index (κ1) is 15.9. The van der Waals surface area contributed by atoms with Crippen molar-refractivity contribution in [2.24, 2.45) is 0 Å². The van der Waals surface area contributed by atoms with Crippen LogP contribution in [0, 0.1) is 5.41 Å². The standard InChI is InChI=1S/C15H22BN3O2/c1-14(2)15(3,4)21-16(20-14)11(10-18-5)13(17)12-8-6-7-9-19-12/h6-10,17-18H,1-5H3/p+1/b11-10+,17-13?. The van der Waals surface area contributed by atoms with E-state index in [1.807, 2.05) is 64.5 Å². The number of hydrogen-bond donors (Lipinski definition) is 2. The minimum absolute atomic E-state index is 0.326. The maximum atomic E-state index is 8.40. The first-order valence-corrected chi connectivity index (χ1v) is 7.14. The molecule has 3 N–H and O–H groups in total. The number of pyridine rings is 1. The lowest BCUT2D eigenvalue weighted by molar-refractivity contribution is -0.556. The third-order valence-corrected chi connectivity index (χ3v) is 4.06. The smallest absolute Gasteiger partial charge is 0.399 e. The molecule has 0 spiro atoms. The Kier molecular flexibility index (Phi) is 4.32. The molecule has 0 bridgehead atoms. The second-order valence-corrected chi connectivity index (χ2v) is 6.13. The van der Waals surface area contributed by atoms with Gasteiger partial charge in [-0.3, -0.25) is 10.4 Å². The molecule has 0 amide bonds. The van der Waals surface area contributed by atoms with Crippen molar-refractivity contribution in [3.63, 3.8) is 0 Å². The third kappa shape index (κ3) is 3.07. The summed E-state index contributed by atoms with van der Waals surface area (Å²) in [6, 6.07) is 5.52. The predicted molar refractivity (Wildman–Crippen MR) is 83.1 cm³/mol. The molecular formula is C15H23BN3O2+. The molecule has 1 saturated heterocycles. The van der Waals surface area contributed by atoms with E-state index in [0.29, 0.717) is 16.9 Å². The van der Waals surface area contributed by atoms with Gasteiger partial charge in [-0.2, -0.15) is 0 Å². The SMILES string of the molecule is C[NH2+]/C=C(/B1OC(C)(C)C(C)(C)O1)C(=N)c1ccccn1. The molecule has 1 aliphatic rings. The minimum atomic E-state index is -0.555. The highest BCUT2D eigenvalue weighted by atomic mass is 16.7. The van der Waals surface area contributed by atoms with Crippen LogP contribution < -0.4 is 5.32 Å². The van der Waals surface area contributed by atoms with Crippen molar-refractivity contribution in [2.75, 3.05) is 7.05 Å². The lowest BCUT2D eigenvalue weighted by atomic mass is 9.75. The molecule has 5 nitrogen and oxygen atoms in total. The molecule has 21 heavy (non-hydrogen) atoms. The van der Waals surface area contributed by atoms with Crippen LogP contribution >= 0.6 is 0 Å². The van der Waals surface area contributed by atoms with Crippen molar-refractivity contribution in [1.29, 1.82) is 5.41 Å². The number of nitrogens with two attached hydrogens (primary N) is 1. The number of rotatable bonds is 4. The van der Waals surface area contributed by atoms with Crippen LogP contribution in [0.1, 0.15) is 33.4 Å². The maximum absolute atomic E-state index is 8.40. The van der Waals surface area contributed by atoms with E-state index in [1.165, 1.54) is 0 Å². The number of allylic oxidation sites excluding steroid dienone is 1. The van der Waals surface area contributed by atoms with E-state index in [1.54, 1.807) is 6.20 Å². The van der Waals surface area contributed by atoms with Gasteiger partial charge in [0.15, 0.2) is 0 Å². The molecule has 1 aromatic heterocycles. The van der Waals surface area contributed by atoms with Crippen LogP contribution in [0.25, 0.3) is 0 Å². The van der Waals surface area contributed by atoms with Gasteiger partial charge in [-0.1, -0.05) is 6.07 Å². The second kappa shape index (κ2) is 5.71. The molecule has 6 heteroatoms. The topological polar surface area (TPSA) is 71.8 Å². The summed E-state index contributed by atoms with van der Waals surface area (Å²) in [5.41, 5.74) is 0.784. The lowest BCUT2D eigenvalue weighted by Gasteiger charge is -2.32. The van der Waals surface area contributed by atoms with Crippen LogP contribution in [0.4, 0.5) is 0 Å². The van der Waals surface area contributed by atoms with Gasteiger partial charge < -0.3 is 14.6 Å². The fourth-order valence-corrected chi connectivity index (χ4v) is 2.09. The van der Waals surface area contributed by atoms with Crippen molar-refractivity contribution in [2.45, 2.75) is 38.9 Å². The molecule has 0 aliphatic carbocycles. The van der Waals surface area contributed by atoms with Gasteiger partial charge >= 0.3 is 7.12 Å². The fraction of sp³-hybridized carbons (Fsp3) is 0.467. The number of nitrogens with zero attached hydrogens (tertiary/aromatic N) is 1. The molecule has 2 heterocycles. The van der Waals surface area contributed by atoms with E-state index in [9.17, 15) is 0 Å². The van der Waals surface area contributed by atoms with Gasteiger partial charge in [0, 0.05) is 6.20 Å². The Morgan fingerprint density at radius 1 is 1.24 bits per heavy atom. The summed E-state index contributed by atoms with van der Waals surface area (Å²) in [7, 11) is 1.36. The summed E-state index contributed by atoms with van der Waals surface area (Å²) < 4.78 is 12.1. The Bertz CT molecular complexity index is 539. The number of aromatic nitrogens is 1. The molecule has 112 valence electrons. The van der Waals surface area contributed by atoms with Crippen molar-refractivity contribution in [3.05, 3.63) is 41.8 Å². The van der Waals surface area contributed by atoms with Gasteiger partial charge in [-0.05, 0) is 39.8 Å². The molecule has 0 atom stereocenters. The lowest BCUT2D eigenvalue weighted by Crippen LogP contribution is -2.73. The zero-order valence-corrected chi connectivity index (χ0v) is 13.3. The maximum Gasteiger partial charge on any atom is 0.502 e. The number of nitrogens with one attached hydrogen (secondary N) is 1. The van der Waals surface area contributed by atoms with Crippen molar-refractivity contribution in [1.82, 2.24) is 4.98 Å². The van der Waals surface area contributed by atoms with Crippen molar-refractivity contribution < 1.29 is 14.6 Å². The molecule has 1 aliphatic heterocycles. The highest BCUT2D eigenvalue weighted by Crippen LogP contribution is 2.38. The van der Waals surface area contributed by atoms with E-state index in [-0.39, 0.29) is 0 Å². The molecule has 0 radical (unpaired) electrons. The predicted octanol–water partition coefficient (Wildman–Crippen LogP) is 1.16. The van der Waals surface area contributed by atoms with Crippen LogP contribution in [-0.2, 0) is 9.31 Å². The largest absolute Gasteiger partial charge is 0.502 e. The van der Waals surface area contributed by atoms with Crippen molar-refractivity contribution in [3.8, 4) is 0 Å². The zero-order chi connectivity index (χ0) is 15.7. The van der Waals surface area contributed by atoms with Gasteiger partial charge in [-0.25, -0.2) is 0 Å². The van der Waals surface area contributed by atoms with Gasteiger partial charge in [0.05, 0.1) is 41.3 Å². The van der Waals surface area contributed by atoms with E-state index >= 15 is 0 Å². The monoisotopic (exact) mass is 288 g/mol. The first-order valence-electron chi connectivity index (χ1n) is 7.14. The van der Waals surface area contributed by atoms with Crippen LogP contribution in [-0.4, -0.2) is 36.1 Å².